The summed E-state index contributed by atoms with van der Waals surface area (Å²) in [5, 5.41) is 0.911. The van der Waals surface area contributed by atoms with Crippen molar-refractivity contribution in [1.29, 1.82) is 0 Å². The van der Waals surface area contributed by atoms with E-state index >= 15 is 0 Å². The SMILES string of the molecule is Cc1c(CSc2nc3ccccc3[nH]2)cccc1SCC(=O)NOCc1ccccc1. The Hall–Kier alpha value is -2.74. The first-order chi connectivity index (χ1) is 15.2. The van der Waals surface area contributed by atoms with Crippen molar-refractivity contribution in [1.82, 2.24) is 15.4 Å². The summed E-state index contributed by atoms with van der Waals surface area (Å²) < 4.78 is 0. The van der Waals surface area contributed by atoms with Gasteiger partial charge in [-0.05, 0) is 41.8 Å². The maximum absolute atomic E-state index is 12.1. The van der Waals surface area contributed by atoms with Gasteiger partial charge in [0, 0.05) is 10.6 Å². The van der Waals surface area contributed by atoms with Gasteiger partial charge >= 0.3 is 0 Å². The summed E-state index contributed by atoms with van der Waals surface area (Å²) in [4.78, 5) is 26.5. The van der Waals surface area contributed by atoms with Crippen LogP contribution in [0.4, 0.5) is 0 Å². The largest absolute Gasteiger partial charge is 0.333 e. The van der Waals surface area contributed by atoms with Crippen LogP contribution in [0, 0.1) is 6.92 Å². The predicted octanol–water partition coefficient (Wildman–Crippen LogP) is 5.50. The van der Waals surface area contributed by atoms with Gasteiger partial charge in [-0.25, -0.2) is 10.5 Å². The van der Waals surface area contributed by atoms with Gasteiger partial charge in [-0.15, -0.1) is 11.8 Å². The monoisotopic (exact) mass is 449 g/mol. The second kappa shape index (κ2) is 10.5. The summed E-state index contributed by atoms with van der Waals surface area (Å²) in [6, 6.07) is 24.0. The number of para-hydroxylation sites is 2. The molecule has 1 heterocycles. The highest BCUT2D eigenvalue weighted by molar-refractivity contribution is 8.00. The minimum absolute atomic E-state index is 0.151. The molecule has 0 aliphatic carbocycles. The molecule has 2 N–H and O–H groups in total. The topological polar surface area (TPSA) is 67.0 Å². The zero-order valence-electron chi connectivity index (χ0n) is 17.1. The van der Waals surface area contributed by atoms with E-state index in [1.807, 2.05) is 66.7 Å². The summed E-state index contributed by atoms with van der Waals surface area (Å²) in [6.07, 6.45) is 0. The van der Waals surface area contributed by atoms with Gasteiger partial charge in [-0.1, -0.05) is 66.4 Å². The summed E-state index contributed by atoms with van der Waals surface area (Å²) in [6.45, 7) is 2.45. The van der Waals surface area contributed by atoms with E-state index in [-0.39, 0.29) is 5.91 Å². The maximum atomic E-state index is 12.1. The predicted molar refractivity (Wildman–Crippen MR) is 127 cm³/mol. The van der Waals surface area contributed by atoms with Crippen LogP contribution in [-0.2, 0) is 22.0 Å². The molecule has 4 rings (SSSR count). The van der Waals surface area contributed by atoms with Gasteiger partial charge in [-0.3, -0.25) is 9.63 Å². The number of aromatic nitrogens is 2. The van der Waals surface area contributed by atoms with Crippen molar-refractivity contribution >= 4 is 40.5 Å². The van der Waals surface area contributed by atoms with E-state index in [4.69, 9.17) is 4.84 Å². The van der Waals surface area contributed by atoms with E-state index in [1.165, 1.54) is 22.9 Å². The molecule has 158 valence electrons. The Morgan fingerprint density at radius 1 is 1.00 bits per heavy atom. The number of rotatable bonds is 9. The van der Waals surface area contributed by atoms with Crippen LogP contribution in [0.5, 0.6) is 0 Å². The standard InChI is InChI=1S/C24H23N3O2S2/c1-17-19(15-31-24-25-20-11-5-6-12-21(20)26-24)10-7-13-22(17)30-16-23(28)27-29-14-18-8-3-2-4-9-18/h2-13H,14-16H2,1H3,(H,25,26)(H,27,28). The molecule has 5 nitrogen and oxygen atoms in total. The second-order valence-electron chi connectivity index (χ2n) is 6.98. The molecule has 0 unspecified atom stereocenters. The number of imidazole rings is 1. The van der Waals surface area contributed by atoms with Crippen LogP contribution in [0.3, 0.4) is 0 Å². The third-order valence-corrected chi connectivity index (χ3v) is 6.84. The number of hydrogen-bond acceptors (Lipinski definition) is 5. The lowest BCUT2D eigenvalue weighted by Gasteiger charge is -2.11. The molecule has 3 aromatic carbocycles. The lowest BCUT2D eigenvalue weighted by Crippen LogP contribution is -2.25. The van der Waals surface area contributed by atoms with Gasteiger partial charge in [0.05, 0.1) is 23.4 Å². The summed E-state index contributed by atoms with van der Waals surface area (Å²) in [7, 11) is 0. The number of H-pyrrole nitrogens is 1. The Balaban J connectivity index is 1.28. The molecule has 0 saturated carbocycles. The number of nitrogens with zero attached hydrogens (tertiary/aromatic N) is 1. The van der Waals surface area contributed by atoms with Crippen molar-refractivity contribution in [3.05, 3.63) is 89.5 Å². The van der Waals surface area contributed by atoms with Crippen LogP contribution >= 0.6 is 23.5 Å². The first-order valence-electron chi connectivity index (χ1n) is 9.92. The van der Waals surface area contributed by atoms with Crippen LogP contribution in [0.15, 0.2) is 82.8 Å². The molecule has 4 aromatic rings. The number of benzene rings is 3. The van der Waals surface area contributed by atoms with Gasteiger partial charge in [0.15, 0.2) is 5.16 Å². The minimum atomic E-state index is -0.151. The van der Waals surface area contributed by atoms with Crippen LogP contribution in [0.2, 0.25) is 0 Å². The van der Waals surface area contributed by atoms with Crippen molar-refractivity contribution in [2.45, 2.75) is 29.3 Å². The molecule has 0 radical (unpaired) electrons. The van der Waals surface area contributed by atoms with Crippen molar-refractivity contribution in [2.75, 3.05) is 5.75 Å². The fourth-order valence-corrected chi connectivity index (χ4v) is 4.88. The number of nitrogens with one attached hydrogen (secondary N) is 2. The van der Waals surface area contributed by atoms with E-state index in [2.05, 4.69) is 28.4 Å². The molecule has 31 heavy (non-hydrogen) atoms. The quantitative estimate of drug-likeness (QED) is 0.261. The zero-order valence-corrected chi connectivity index (χ0v) is 18.8. The molecule has 0 aliphatic rings. The smallest absolute Gasteiger partial charge is 0.253 e. The number of carbonyl (C=O) groups is 1. The van der Waals surface area contributed by atoms with Crippen molar-refractivity contribution in [3.8, 4) is 0 Å². The lowest BCUT2D eigenvalue weighted by atomic mass is 10.1. The first-order valence-corrected chi connectivity index (χ1v) is 11.9. The highest BCUT2D eigenvalue weighted by Crippen LogP contribution is 2.29. The molecule has 0 bridgehead atoms. The number of aromatic amines is 1. The van der Waals surface area contributed by atoms with Crippen molar-refractivity contribution in [2.24, 2.45) is 0 Å². The number of amides is 1. The Morgan fingerprint density at radius 2 is 1.81 bits per heavy atom. The maximum Gasteiger partial charge on any atom is 0.253 e. The van der Waals surface area contributed by atoms with Crippen molar-refractivity contribution < 1.29 is 9.63 Å². The second-order valence-corrected chi connectivity index (χ2v) is 8.96. The van der Waals surface area contributed by atoms with Crippen LogP contribution < -0.4 is 5.48 Å². The van der Waals surface area contributed by atoms with Gasteiger partial charge in [0.25, 0.3) is 5.91 Å². The highest BCUT2D eigenvalue weighted by Gasteiger charge is 2.10. The van der Waals surface area contributed by atoms with E-state index in [0.717, 1.165) is 32.4 Å². The number of hydroxylamine groups is 1. The Bertz CT molecular complexity index is 1130. The van der Waals surface area contributed by atoms with Crippen LogP contribution in [0.25, 0.3) is 11.0 Å². The Kier molecular flexibility index (Phi) is 7.30. The number of fused-ring (bicyclic) bond motifs is 1. The number of thioether (sulfide) groups is 2. The third kappa shape index (κ3) is 5.91. The van der Waals surface area contributed by atoms with Crippen molar-refractivity contribution in [3.63, 3.8) is 0 Å². The Morgan fingerprint density at radius 3 is 2.65 bits per heavy atom. The Labute approximate surface area is 190 Å². The molecule has 1 aromatic heterocycles. The average molecular weight is 450 g/mol. The van der Waals surface area contributed by atoms with Gasteiger partial charge in [0.2, 0.25) is 0 Å². The van der Waals surface area contributed by atoms with Gasteiger partial charge < -0.3 is 4.98 Å². The van der Waals surface area contributed by atoms with E-state index in [0.29, 0.717) is 12.4 Å². The average Bonchev–Trinajstić information content (AvgIpc) is 3.21. The summed E-state index contributed by atoms with van der Waals surface area (Å²) in [5.74, 6) is 0.963. The highest BCUT2D eigenvalue weighted by atomic mass is 32.2. The molecule has 0 fully saturated rings. The normalized spacial score (nSPS) is 11.0. The molecule has 0 atom stereocenters. The first kappa shape index (κ1) is 21.5. The van der Waals surface area contributed by atoms with E-state index in [9.17, 15) is 4.79 Å². The molecule has 7 heteroatoms. The third-order valence-electron chi connectivity index (χ3n) is 4.75. The lowest BCUT2D eigenvalue weighted by molar-refractivity contribution is -0.131. The van der Waals surface area contributed by atoms with Gasteiger partial charge in [0.1, 0.15) is 0 Å². The molecule has 0 spiro atoms. The van der Waals surface area contributed by atoms with Crippen LogP contribution in [0.1, 0.15) is 16.7 Å². The number of hydrogen-bond donors (Lipinski definition) is 2. The molecule has 0 aliphatic heterocycles. The van der Waals surface area contributed by atoms with E-state index < -0.39 is 0 Å². The minimum Gasteiger partial charge on any atom is -0.333 e. The van der Waals surface area contributed by atoms with Crippen LogP contribution in [-0.4, -0.2) is 21.6 Å². The van der Waals surface area contributed by atoms with E-state index in [1.54, 1.807) is 11.8 Å². The van der Waals surface area contributed by atoms with Gasteiger partial charge in [-0.2, -0.15) is 0 Å². The summed E-state index contributed by atoms with van der Waals surface area (Å²) in [5.41, 5.74) is 7.98. The molecule has 1 amide bonds. The fourth-order valence-electron chi connectivity index (χ4n) is 3.06. The number of carbonyl (C=O) groups excluding carboxylic acids is 1. The molecule has 0 saturated heterocycles. The summed E-state index contributed by atoms with van der Waals surface area (Å²) >= 11 is 3.20. The zero-order chi connectivity index (χ0) is 21.5. The fraction of sp³-hybridized carbons (Fsp3) is 0.167. The molecular weight excluding hydrogens is 426 g/mol. The molecular formula is C24H23N3O2S2.